The zero-order valence-electron chi connectivity index (χ0n) is 13.8. The molecule has 0 bridgehead atoms. The fraction of sp³-hybridized carbons (Fsp3) is 0.471. The molecule has 0 atom stereocenters. The topological polar surface area (TPSA) is 83.0 Å². The second kappa shape index (κ2) is 7.70. The number of rotatable bonds is 7. The van der Waals surface area contributed by atoms with Crippen LogP contribution >= 0.6 is 11.8 Å². The molecule has 2 aromatic rings. The van der Waals surface area contributed by atoms with Gasteiger partial charge in [-0.05, 0) is 55.9 Å². The molecule has 0 saturated carbocycles. The number of benzene rings is 1. The van der Waals surface area contributed by atoms with Gasteiger partial charge in [-0.3, -0.25) is 4.79 Å². The number of hydrogen-bond acceptors (Lipinski definition) is 5. The number of carbonyl (C=O) groups excluding carboxylic acids is 1. The van der Waals surface area contributed by atoms with Crippen molar-refractivity contribution in [2.24, 2.45) is 5.73 Å². The summed E-state index contributed by atoms with van der Waals surface area (Å²) in [6.07, 6.45) is 4.82. The van der Waals surface area contributed by atoms with E-state index in [0.717, 1.165) is 24.5 Å². The molecular weight excluding hydrogens is 324 g/mol. The van der Waals surface area contributed by atoms with Gasteiger partial charge in [-0.25, -0.2) is 0 Å². The second-order valence-corrected chi connectivity index (χ2v) is 6.77. The quantitative estimate of drug-likeness (QED) is 0.778. The van der Waals surface area contributed by atoms with Gasteiger partial charge < -0.3 is 15.0 Å². The van der Waals surface area contributed by atoms with Crippen LogP contribution in [0.5, 0.6) is 5.75 Å². The van der Waals surface area contributed by atoms with Gasteiger partial charge in [-0.2, -0.15) is 0 Å². The van der Waals surface area contributed by atoms with Gasteiger partial charge in [0.1, 0.15) is 12.4 Å². The van der Waals surface area contributed by atoms with Crippen molar-refractivity contribution in [2.45, 2.75) is 50.9 Å². The molecule has 24 heavy (non-hydrogen) atoms. The summed E-state index contributed by atoms with van der Waals surface area (Å²) < 4.78 is 7.87. The van der Waals surface area contributed by atoms with Crippen LogP contribution in [0.1, 0.15) is 36.7 Å². The number of thioether (sulfide) groups is 1. The highest BCUT2D eigenvalue weighted by Gasteiger charge is 2.14. The SMILES string of the molecule is CCn1c(COc2ccc3c(c2)CCCC3)nnc1SCC(N)=O. The normalized spacial score (nSPS) is 13.5. The van der Waals surface area contributed by atoms with E-state index in [4.69, 9.17) is 10.5 Å². The molecule has 6 nitrogen and oxygen atoms in total. The highest BCUT2D eigenvalue weighted by Crippen LogP contribution is 2.26. The number of nitrogens with two attached hydrogens (primary N) is 1. The summed E-state index contributed by atoms with van der Waals surface area (Å²) in [4.78, 5) is 10.9. The number of hydrogen-bond donors (Lipinski definition) is 1. The molecule has 128 valence electrons. The lowest BCUT2D eigenvalue weighted by atomic mass is 9.92. The smallest absolute Gasteiger partial charge is 0.227 e. The second-order valence-electron chi connectivity index (χ2n) is 5.82. The molecule has 1 amide bonds. The Morgan fingerprint density at radius 1 is 1.29 bits per heavy atom. The van der Waals surface area contributed by atoms with E-state index in [9.17, 15) is 4.79 Å². The largest absolute Gasteiger partial charge is 0.486 e. The van der Waals surface area contributed by atoms with Crippen molar-refractivity contribution >= 4 is 17.7 Å². The van der Waals surface area contributed by atoms with Crippen LogP contribution in [0.4, 0.5) is 0 Å². The average Bonchev–Trinajstić information content (AvgIpc) is 2.99. The minimum atomic E-state index is -0.363. The van der Waals surface area contributed by atoms with Crippen LogP contribution in [0.2, 0.25) is 0 Å². The Hall–Kier alpha value is -2.02. The lowest BCUT2D eigenvalue weighted by molar-refractivity contribution is -0.115. The maximum Gasteiger partial charge on any atom is 0.227 e. The zero-order valence-corrected chi connectivity index (χ0v) is 14.6. The van der Waals surface area contributed by atoms with E-state index in [1.165, 1.54) is 42.2 Å². The Labute approximate surface area is 145 Å². The number of ether oxygens (including phenoxy) is 1. The molecule has 7 heteroatoms. The van der Waals surface area contributed by atoms with Crippen molar-refractivity contribution in [3.63, 3.8) is 0 Å². The van der Waals surface area contributed by atoms with E-state index >= 15 is 0 Å². The van der Waals surface area contributed by atoms with Crippen molar-refractivity contribution in [3.05, 3.63) is 35.2 Å². The van der Waals surface area contributed by atoms with Crippen LogP contribution in [-0.2, 0) is 30.8 Å². The number of nitrogens with zero attached hydrogens (tertiary/aromatic N) is 3. The van der Waals surface area contributed by atoms with Gasteiger partial charge in [-0.1, -0.05) is 17.8 Å². The Morgan fingerprint density at radius 3 is 2.83 bits per heavy atom. The van der Waals surface area contributed by atoms with E-state index in [1.54, 1.807) is 0 Å². The molecule has 1 heterocycles. The molecule has 0 spiro atoms. The van der Waals surface area contributed by atoms with Crippen LogP contribution in [0, 0.1) is 0 Å². The fourth-order valence-corrected chi connectivity index (χ4v) is 3.69. The van der Waals surface area contributed by atoms with Crippen LogP contribution < -0.4 is 10.5 Å². The maximum absolute atomic E-state index is 10.9. The summed E-state index contributed by atoms with van der Waals surface area (Å²) in [5.41, 5.74) is 8.02. The van der Waals surface area contributed by atoms with Crippen LogP contribution in [0.3, 0.4) is 0 Å². The molecule has 0 aliphatic heterocycles. The summed E-state index contributed by atoms with van der Waals surface area (Å²) in [7, 11) is 0. The van der Waals surface area contributed by atoms with Gasteiger partial charge in [-0.15, -0.1) is 10.2 Å². The predicted molar refractivity (Wildman–Crippen MR) is 93.0 cm³/mol. The summed E-state index contributed by atoms with van der Waals surface area (Å²) in [5.74, 6) is 1.46. The van der Waals surface area contributed by atoms with Crippen molar-refractivity contribution in [1.82, 2.24) is 14.8 Å². The van der Waals surface area contributed by atoms with E-state index in [-0.39, 0.29) is 11.7 Å². The van der Waals surface area contributed by atoms with Crippen LogP contribution in [0.15, 0.2) is 23.4 Å². The Balaban J connectivity index is 1.67. The summed E-state index contributed by atoms with van der Waals surface area (Å²) >= 11 is 1.30. The minimum Gasteiger partial charge on any atom is -0.486 e. The monoisotopic (exact) mass is 346 g/mol. The first-order valence-corrected chi connectivity index (χ1v) is 9.23. The molecule has 0 unspecified atom stereocenters. The summed E-state index contributed by atoms with van der Waals surface area (Å²) in [5, 5.41) is 9.01. The Kier molecular flexibility index (Phi) is 5.40. The van der Waals surface area contributed by atoms with Crippen molar-refractivity contribution in [1.29, 1.82) is 0 Å². The fourth-order valence-electron chi connectivity index (χ4n) is 2.93. The number of amides is 1. The molecule has 0 saturated heterocycles. The number of fused-ring (bicyclic) bond motifs is 1. The van der Waals surface area contributed by atoms with Crippen molar-refractivity contribution in [3.8, 4) is 5.75 Å². The number of aryl methyl sites for hydroxylation is 2. The average molecular weight is 346 g/mol. The number of carbonyl (C=O) groups is 1. The minimum absolute atomic E-state index is 0.198. The third kappa shape index (κ3) is 3.90. The molecule has 1 aliphatic carbocycles. The molecule has 0 fully saturated rings. The van der Waals surface area contributed by atoms with E-state index in [1.807, 2.05) is 17.6 Å². The van der Waals surface area contributed by atoms with E-state index < -0.39 is 0 Å². The lowest BCUT2D eigenvalue weighted by Gasteiger charge is -2.16. The van der Waals surface area contributed by atoms with Crippen molar-refractivity contribution < 1.29 is 9.53 Å². The Bertz CT molecular complexity index is 729. The first-order valence-electron chi connectivity index (χ1n) is 8.25. The molecule has 3 rings (SSSR count). The molecule has 0 radical (unpaired) electrons. The molecule has 1 aromatic heterocycles. The maximum atomic E-state index is 10.9. The standard InChI is InChI=1S/C17H22N4O2S/c1-2-21-16(19-20-17(21)24-11-15(18)22)10-23-14-8-7-12-5-3-4-6-13(12)9-14/h7-9H,2-6,10-11H2,1H3,(H2,18,22). The predicted octanol–water partition coefficient (Wildman–Crippen LogP) is 2.33. The highest BCUT2D eigenvalue weighted by molar-refractivity contribution is 7.99. The van der Waals surface area contributed by atoms with Crippen molar-refractivity contribution in [2.75, 3.05) is 5.75 Å². The molecule has 1 aromatic carbocycles. The molecular formula is C17H22N4O2S. The third-order valence-electron chi connectivity index (χ3n) is 4.14. The van der Waals surface area contributed by atoms with Gasteiger partial charge in [0.15, 0.2) is 11.0 Å². The van der Waals surface area contributed by atoms with Gasteiger partial charge in [0.25, 0.3) is 0 Å². The third-order valence-corrected chi connectivity index (χ3v) is 5.13. The Morgan fingerprint density at radius 2 is 2.08 bits per heavy atom. The van der Waals surface area contributed by atoms with Gasteiger partial charge in [0.05, 0.1) is 5.75 Å². The summed E-state index contributed by atoms with van der Waals surface area (Å²) in [6, 6.07) is 6.34. The van der Waals surface area contributed by atoms with E-state index in [0.29, 0.717) is 11.8 Å². The summed E-state index contributed by atoms with van der Waals surface area (Å²) in [6.45, 7) is 3.09. The van der Waals surface area contributed by atoms with Crippen LogP contribution in [0.25, 0.3) is 0 Å². The lowest BCUT2D eigenvalue weighted by Crippen LogP contribution is -2.14. The number of primary amides is 1. The number of aromatic nitrogens is 3. The van der Waals surface area contributed by atoms with Crippen LogP contribution in [-0.4, -0.2) is 26.4 Å². The first kappa shape index (κ1) is 16.8. The molecule has 1 aliphatic rings. The van der Waals surface area contributed by atoms with Gasteiger partial charge in [0.2, 0.25) is 5.91 Å². The van der Waals surface area contributed by atoms with Gasteiger partial charge >= 0.3 is 0 Å². The zero-order chi connectivity index (χ0) is 16.9. The first-order chi connectivity index (χ1) is 11.7. The van der Waals surface area contributed by atoms with Gasteiger partial charge in [0, 0.05) is 6.54 Å². The van der Waals surface area contributed by atoms with E-state index in [2.05, 4.69) is 22.3 Å². The highest BCUT2D eigenvalue weighted by atomic mass is 32.2. The molecule has 2 N–H and O–H groups in total.